The van der Waals surface area contributed by atoms with Crippen LogP contribution in [0.15, 0.2) is 42.1 Å². The summed E-state index contributed by atoms with van der Waals surface area (Å²) >= 11 is 0. The molecule has 0 heterocycles. The molecule has 1 rings (SSSR count). The quantitative estimate of drug-likeness (QED) is 0.421. The number of ether oxygens (including phenoxy) is 1. The molecule has 0 radical (unpaired) electrons. The molecule has 19 heavy (non-hydrogen) atoms. The summed E-state index contributed by atoms with van der Waals surface area (Å²) in [5.41, 5.74) is 1.01. The van der Waals surface area contributed by atoms with Crippen LogP contribution >= 0.6 is 0 Å². The molecule has 3 heteroatoms. The Morgan fingerprint density at radius 1 is 1.11 bits per heavy atom. The van der Waals surface area contributed by atoms with Gasteiger partial charge in [0, 0.05) is 5.20 Å². The lowest BCUT2D eigenvalue weighted by Crippen LogP contribution is -2.38. The van der Waals surface area contributed by atoms with Gasteiger partial charge in [-0.3, -0.25) is 0 Å². The molecule has 2 nitrogen and oxygen atoms in total. The Balaban J connectivity index is 2.65. The monoisotopic (exact) mass is 276 g/mol. The number of carbonyl (C=O) groups excluding carboxylic acids is 1. The Hall–Kier alpha value is -1.35. The van der Waals surface area contributed by atoms with E-state index < -0.39 is 8.07 Å². The Bertz CT molecular complexity index is 413. The minimum atomic E-state index is -1.69. The summed E-state index contributed by atoms with van der Waals surface area (Å²) in [5.74, 6) is -0.207. The molecule has 0 aliphatic rings. The maximum Gasteiger partial charge on any atom is 0.329 e. The Kier molecular flexibility index (Phi) is 6.02. The summed E-state index contributed by atoms with van der Waals surface area (Å²) in [6.45, 7) is 10.9. The van der Waals surface area contributed by atoms with Gasteiger partial charge in [-0.2, -0.15) is 0 Å². The summed E-state index contributed by atoms with van der Waals surface area (Å²) in [4.78, 5) is 12.2. The molecule has 0 aliphatic carbocycles. The Morgan fingerprint density at radius 2 is 1.63 bits per heavy atom. The van der Waals surface area contributed by atoms with Crippen molar-refractivity contribution >= 4 is 14.0 Å². The third-order valence-corrected chi connectivity index (χ3v) is 9.67. The molecule has 0 amide bonds. The molecule has 0 aromatic heterocycles. The topological polar surface area (TPSA) is 26.3 Å². The average molecular weight is 276 g/mol. The summed E-state index contributed by atoms with van der Waals surface area (Å²) < 4.78 is 5.40. The first-order valence-corrected chi connectivity index (χ1v) is 9.62. The van der Waals surface area contributed by atoms with Gasteiger partial charge in [0.25, 0.3) is 0 Å². The van der Waals surface area contributed by atoms with Crippen molar-refractivity contribution in [3.63, 3.8) is 0 Å². The summed E-state index contributed by atoms with van der Waals surface area (Å²) in [7, 11) is -1.69. The zero-order valence-corrected chi connectivity index (χ0v) is 13.2. The van der Waals surface area contributed by atoms with E-state index in [2.05, 4.69) is 27.4 Å². The molecular formula is C16H24O2Si. The molecule has 0 aliphatic heterocycles. The van der Waals surface area contributed by atoms with E-state index in [1.54, 1.807) is 0 Å². The molecule has 0 unspecified atom stereocenters. The van der Waals surface area contributed by atoms with Crippen LogP contribution in [0.2, 0.25) is 18.1 Å². The van der Waals surface area contributed by atoms with E-state index >= 15 is 0 Å². The maximum absolute atomic E-state index is 12.2. The van der Waals surface area contributed by atoms with E-state index in [9.17, 15) is 4.79 Å². The molecule has 0 N–H and O–H groups in total. The third-order valence-electron chi connectivity index (χ3n) is 4.13. The van der Waals surface area contributed by atoms with Crippen molar-refractivity contribution in [3.8, 4) is 0 Å². The van der Waals surface area contributed by atoms with Crippen molar-refractivity contribution in [1.29, 1.82) is 0 Å². The molecule has 1 aromatic rings. The predicted molar refractivity (Wildman–Crippen MR) is 82.6 cm³/mol. The smallest absolute Gasteiger partial charge is 0.329 e. The first-order chi connectivity index (χ1) is 9.09. The van der Waals surface area contributed by atoms with Gasteiger partial charge in [-0.15, -0.1) is 0 Å². The number of esters is 1. The SMILES string of the molecule is C=C(C(=O)OCc1ccccc1)[Si](CC)(CC)CC. The van der Waals surface area contributed by atoms with Crippen LogP contribution in [-0.4, -0.2) is 14.0 Å². The van der Waals surface area contributed by atoms with Gasteiger partial charge in [0.1, 0.15) is 6.61 Å². The number of hydrogen-bond donors (Lipinski definition) is 0. The van der Waals surface area contributed by atoms with Crippen molar-refractivity contribution in [3.05, 3.63) is 47.7 Å². The number of hydrogen-bond acceptors (Lipinski definition) is 2. The highest BCUT2D eigenvalue weighted by molar-refractivity contribution is 6.89. The highest BCUT2D eigenvalue weighted by atomic mass is 28.3. The molecule has 1 aromatic carbocycles. The lowest BCUT2D eigenvalue weighted by molar-refractivity contribution is -0.139. The van der Waals surface area contributed by atoms with Gasteiger partial charge in [0.15, 0.2) is 0 Å². The molecule has 0 spiro atoms. The van der Waals surface area contributed by atoms with Gasteiger partial charge in [0.2, 0.25) is 0 Å². The fourth-order valence-corrected chi connectivity index (χ4v) is 5.70. The largest absolute Gasteiger partial charge is 0.458 e. The van der Waals surface area contributed by atoms with E-state index in [1.165, 1.54) is 0 Å². The maximum atomic E-state index is 12.2. The van der Waals surface area contributed by atoms with Crippen LogP contribution in [0.4, 0.5) is 0 Å². The molecule has 0 bridgehead atoms. The normalized spacial score (nSPS) is 11.1. The second kappa shape index (κ2) is 7.29. The third kappa shape index (κ3) is 3.80. The van der Waals surface area contributed by atoms with Gasteiger partial charge in [-0.1, -0.05) is 75.8 Å². The van der Waals surface area contributed by atoms with Crippen LogP contribution in [0.1, 0.15) is 26.3 Å². The van der Waals surface area contributed by atoms with Crippen LogP contribution in [0, 0.1) is 0 Å². The number of carbonyl (C=O) groups is 1. The average Bonchev–Trinajstić information content (AvgIpc) is 2.48. The minimum Gasteiger partial charge on any atom is -0.458 e. The first-order valence-electron chi connectivity index (χ1n) is 7.00. The van der Waals surface area contributed by atoms with Crippen molar-refractivity contribution in [2.75, 3.05) is 0 Å². The number of rotatable bonds is 7. The van der Waals surface area contributed by atoms with Crippen LogP contribution in [-0.2, 0) is 16.1 Å². The van der Waals surface area contributed by atoms with Crippen molar-refractivity contribution in [1.82, 2.24) is 0 Å². The Labute approximate surface area is 117 Å². The van der Waals surface area contributed by atoms with Crippen LogP contribution in [0.25, 0.3) is 0 Å². The fourth-order valence-electron chi connectivity index (χ4n) is 2.42. The standard InChI is InChI=1S/C16H24O2Si/c1-5-19(6-2,7-3)14(4)16(17)18-13-15-11-9-8-10-12-15/h8-12H,4-7,13H2,1-3H3. The van der Waals surface area contributed by atoms with Gasteiger partial charge in [-0.25, -0.2) is 4.79 Å². The van der Waals surface area contributed by atoms with Crippen LogP contribution in [0.5, 0.6) is 0 Å². The number of benzene rings is 1. The molecule has 104 valence electrons. The van der Waals surface area contributed by atoms with Crippen molar-refractivity contribution < 1.29 is 9.53 Å². The van der Waals surface area contributed by atoms with Crippen molar-refractivity contribution in [2.45, 2.75) is 45.5 Å². The van der Waals surface area contributed by atoms with E-state index in [0.717, 1.165) is 28.9 Å². The summed E-state index contributed by atoms with van der Waals surface area (Å²) in [6.07, 6.45) is 0. The second-order valence-corrected chi connectivity index (χ2v) is 10.2. The molecule has 0 fully saturated rings. The molecule has 0 saturated heterocycles. The second-order valence-electron chi connectivity index (χ2n) is 4.88. The predicted octanol–water partition coefficient (Wildman–Crippen LogP) is 4.33. The van der Waals surface area contributed by atoms with Crippen LogP contribution in [0.3, 0.4) is 0 Å². The summed E-state index contributed by atoms with van der Waals surface area (Å²) in [6, 6.07) is 12.9. The zero-order valence-electron chi connectivity index (χ0n) is 12.2. The Morgan fingerprint density at radius 3 is 2.11 bits per heavy atom. The van der Waals surface area contributed by atoms with Gasteiger partial charge >= 0.3 is 5.97 Å². The van der Waals surface area contributed by atoms with E-state index in [0.29, 0.717) is 6.61 Å². The molecule has 0 atom stereocenters. The van der Waals surface area contributed by atoms with E-state index in [1.807, 2.05) is 30.3 Å². The minimum absolute atomic E-state index is 0.207. The van der Waals surface area contributed by atoms with E-state index in [4.69, 9.17) is 4.74 Å². The van der Waals surface area contributed by atoms with Gasteiger partial charge in [-0.05, 0) is 5.56 Å². The lowest BCUT2D eigenvalue weighted by Gasteiger charge is -2.28. The molecule has 0 saturated carbocycles. The fraction of sp³-hybridized carbons (Fsp3) is 0.438. The van der Waals surface area contributed by atoms with Crippen LogP contribution < -0.4 is 0 Å². The first kappa shape index (κ1) is 15.7. The highest BCUT2D eigenvalue weighted by Gasteiger charge is 2.34. The summed E-state index contributed by atoms with van der Waals surface area (Å²) in [5, 5.41) is 0.746. The lowest BCUT2D eigenvalue weighted by atomic mass is 10.2. The van der Waals surface area contributed by atoms with Crippen molar-refractivity contribution in [2.24, 2.45) is 0 Å². The molecular weight excluding hydrogens is 252 g/mol. The zero-order chi connectivity index (χ0) is 14.3. The van der Waals surface area contributed by atoms with Gasteiger partial charge in [0.05, 0.1) is 8.07 Å². The van der Waals surface area contributed by atoms with E-state index in [-0.39, 0.29) is 5.97 Å². The highest BCUT2D eigenvalue weighted by Crippen LogP contribution is 2.28. The van der Waals surface area contributed by atoms with Gasteiger partial charge < -0.3 is 4.74 Å².